The Morgan fingerprint density at radius 1 is 1.27 bits per heavy atom. The van der Waals surface area contributed by atoms with Gasteiger partial charge in [-0.25, -0.2) is 4.79 Å². The molecule has 0 spiro atoms. The summed E-state index contributed by atoms with van der Waals surface area (Å²) in [7, 11) is 0. The molecule has 0 saturated heterocycles. The summed E-state index contributed by atoms with van der Waals surface area (Å²) < 4.78 is 2.05. The summed E-state index contributed by atoms with van der Waals surface area (Å²) in [4.78, 5) is 23.3. The van der Waals surface area contributed by atoms with E-state index < -0.39 is 5.97 Å². The Morgan fingerprint density at radius 2 is 1.95 bits per heavy atom. The van der Waals surface area contributed by atoms with Crippen LogP contribution in [0.3, 0.4) is 0 Å². The van der Waals surface area contributed by atoms with Gasteiger partial charge >= 0.3 is 5.97 Å². The van der Waals surface area contributed by atoms with Crippen LogP contribution in [0.25, 0.3) is 17.0 Å². The molecule has 0 radical (unpaired) electrons. The van der Waals surface area contributed by atoms with Crippen LogP contribution in [0.1, 0.15) is 36.5 Å². The topological polar surface area (TPSA) is 59.3 Å². The summed E-state index contributed by atoms with van der Waals surface area (Å²) >= 11 is 0. The van der Waals surface area contributed by atoms with E-state index in [-0.39, 0.29) is 5.43 Å². The maximum absolute atomic E-state index is 12.6. The van der Waals surface area contributed by atoms with Gasteiger partial charge in [0.25, 0.3) is 0 Å². The minimum Gasteiger partial charge on any atom is -0.478 e. The normalized spacial score (nSPS) is 11.4. The number of carbonyl (C=O) groups is 1. The van der Waals surface area contributed by atoms with Crippen molar-refractivity contribution in [1.29, 1.82) is 0 Å². The van der Waals surface area contributed by atoms with E-state index in [2.05, 4.69) is 6.92 Å². The second-order valence-corrected chi connectivity index (χ2v) is 5.59. The van der Waals surface area contributed by atoms with E-state index in [4.69, 9.17) is 5.11 Å². The Balaban J connectivity index is 2.73. The Hall–Kier alpha value is -2.36. The van der Waals surface area contributed by atoms with Gasteiger partial charge in [-0.1, -0.05) is 13.3 Å². The fraction of sp³-hybridized carbons (Fsp3) is 0.333. The predicted molar refractivity (Wildman–Crippen MR) is 89.3 cm³/mol. The number of aromatic nitrogens is 1. The lowest BCUT2D eigenvalue weighted by atomic mass is 10.0. The van der Waals surface area contributed by atoms with Gasteiger partial charge < -0.3 is 9.67 Å². The molecule has 0 fully saturated rings. The van der Waals surface area contributed by atoms with E-state index in [9.17, 15) is 9.59 Å². The number of carboxylic acids is 1. The van der Waals surface area contributed by atoms with Crippen molar-refractivity contribution in [1.82, 2.24) is 4.57 Å². The minimum absolute atomic E-state index is 0.122. The highest BCUT2D eigenvalue weighted by atomic mass is 16.4. The molecule has 116 valence electrons. The molecule has 2 aromatic rings. The summed E-state index contributed by atoms with van der Waals surface area (Å²) in [5.41, 5.74) is 3.41. The van der Waals surface area contributed by atoms with Crippen molar-refractivity contribution in [2.24, 2.45) is 0 Å². The van der Waals surface area contributed by atoms with Gasteiger partial charge in [-0.3, -0.25) is 4.79 Å². The molecule has 0 aliphatic carbocycles. The van der Waals surface area contributed by atoms with Crippen molar-refractivity contribution in [3.05, 3.63) is 51.3 Å². The van der Waals surface area contributed by atoms with E-state index >= 15 is 0 Å². The summed E-state index contributed by atoms with van der Waals surface area (Å²) in [5, 5.41) is 9.42. The molecule has 1 aromatic heterocycles. The number of hydrogen-bond donors (Lipinski definition) is 1. The van der Waals surface area contributed by atoms with E-state index in [1.54, 1.807) is 6.20 Å². The third kappa shape index (κ3) is 3.27. The van der Waals surface area contributed by atoms with Gasteiger partial charge in [0.15, 0.2) is 5.43 Å². The fourth-order valence-corrected chi connectivity index (χ4v) is 2.47. The average molecular weight is 299 g/mol. The lowest BCUT2D eigenvalue weighted by Crippen LogP contribution is -2.13. The molecule has 0 bridgehead atoms. The SMILES string of the molecule is CCCCn1cc(C=CC(=O)O)c(=O)c2cc(C)c(C)cc21. The second-order valence-electron chi connectivity index (χ2n) is 5.59. The van der Waals surface area contributed by atoms with Crippen molar-refractivity contribution < 1.29 is 9.90 Å². The number of fused-ring (bicyclic) bond motifs is 1. The van der Waals surface area contributed by atoms with Crippen LogP contribution in [-0.2, 0) is 11.3 Å². The molecule has 22 heavy (non-hydrogen) atoms. The largest absolute Gasteiger partial charge is 0.478 e. The number of nitrogens with zero attached hydrogens (tertiary/aromatic N) is 1. The first-order valence-corrected chi connectivity index (χ1v) is 7.49. The molecule has 0 aliphatic rings. The molecule has 2 rings (SSSR count). The molecule has 0 amide bonds. The van der Waals surface area contributed by atoms with Gasteiger partial charge in [-0.15, -0.1) is 0 Å². The maximum Gasteiger partial charge on any atom is 0.328 e. The van der Waals surface area contributed by atoms with Gasteiger partial charge in [-0.05, 0) is 49.6 Å². The lowest BCUT2D eigenvalue weighted by Gasteiger charge is -2.14. The van der Waals surface area contributed by atoms with E-state index in [0.717, 1.165) is 42.1 Å². The molecule has 4 nitrogen and oxygen atoms in total. The van der Waals surface area contributed by atoms with Gasteiger partial charge in [0.05, 0.1) is 5.52 Å². The first kappa shape index (κ1) is 16.0. The zero-order valence-electron chi connectivity index (χ0n) is 13.2. The number of aryl methyl sites for hydroxylation is 3. The molecular weight excluding hydrogens is 278 g/mol. The number of unbranched alkanes of at least 4 members (excludes halogenated alkanes) is 1. The molecule has 0 aliphatic heterocycles. The van der Waals surface area contributed by atoms with Crippen LogP contribution in [0, 0.1) is 13.8 Å². The van der Waals surface area contributed by atoms with Crippen LogP contribution in [-0.4, -0.2) is 15.6 Å². The summed E-state index contributed by atoms with van der Waals surface area (Å²) in [6, 6.07) is 3.93. The van der Waals surface area contributed by atoms with Crippen molar-refractivity contribution in [3.63, 3.8) is 0 Å². The van der Waals surface area contributed by atoms with Crippen molar-refractivity contribution >= 4 is 22.9 Å². The number of aliphatic carboxylic acids is 1. The van der Waals surface area contributed by atoms with Crippen LogP contribution in [0.15, 0.2) is 29.2 Å². The molecule has 1 heterocycles. The first-order chi connectivity index (χ1) is 10.4. The fourth-order valence-electron chi connectivity index (χ4n) is 2.47. The van der Waals surface area contributed by atoms with Crippen molar-refractivity contribution in [3.8, 4) is 0 Å². The highest BCUT2D eigenvalue weighted by molar-refractivity contribution is 5.87. The van der Waals surface area contributed by atoms with Crippen LogP contribution in [0.2, 0.25) is 0 Å². The Bertz CT molecular complexity index is 800. The van der Waals surface area contributed by atoms with Crippen LogP contribution in [0.4, 0.5) is 0 Å². The maximum atomic E-state index is 12.6. The zero-order chi connectivity index (χ0) is 16.3. The Kier molecular flexibility index (Phi) is 4.81. The average Bonchev–Trinajstić information content (AvgIpc) is 2.47. The number of hydrogen-bond acceptors (Lipinski definition) is 2. The summed E-state index contributed by atoms with van der Waals surface area (Å²) in [6.07, 6.45) is 6.20. The highest BCUT2D eigenvalue weighted by Gasteiger charge is 2.09. The Morgan fingerprint density at radius 3 is 2.59 bits per heavy atom. The monoisotopic (exact) mass is 299 g/mol. The van der Waals surface area contributed by atoms with Gasteiger partial charge in [-0.2, -0.15) is 0 Å². The molecule has 1 aromatic carbocycles. The standard InChI is InChI=1S/C18H21NO3/c1-4-5-8-19-11-14(6-7-17(20)21)18(22)15-9-12(2)13(3)10-16(15)19/h6-7,9-11H,4-5,8H2,1-3H3,(H,20,21). The third-order valence-corrected chi connectivity index (χ3v) is 3.88. The molecular formula is C18H21NO3. The number of pyridine rings is 1. The van der Waals surface area contributed by atoms with Gasteiger partial charge in [0.1, 0.15) is 0 Å². The van der Waals surface area contributed by atoms with Gasteiger partial charge in [0.2, 0.25) is 0 Å². The van der Waals surface area contributed by atoms with Crippen molar-refractivity contribution in [2.75, 3.05) is 0 Å². The molecule has 0 unspecified atom stereocenters. The van der Waals surface area contributed by atoms with E-state index in [1.165, 1.54) is 6.08 Å². The van der Waals surface area contributed by atoms with Crippen molar-refractivity contribution in [2.45, 2.75) is 40.2 Å². The van der Waals surface area contributed by atoms with Crippen LogP contribution >= 0.6 is 0 Å². The smallest absolute Gasteiger partial charge is 0.328 e. The van der Waals surface area contributed by atoms with E-state index in [0.29, 0.717) is 10.9 Å². The molecule has 1 N–H and O–H groups in total. The molecule has 0 atom stereocenters. The summed E-state index contributed by atoms with van der Waals surface area (Å²) in [6.45, 7) is 6.93. The molecule has 4 heteroatoms. The minimum atomic E-state index is -1.06. The number of benzene rings is 1. The predicted octanol–water partition coefficient (Wildman–Crippen LogP) is 3.52. The number of carboxylic acid groups (broad SMARTS) is 1. The number of rotatable bonds is 5. The van der Waals surface area contributed by atoms with Gasteiger partial charge in [0, 0.05) is 29.8 Å². The molecule has 0 saturated carbocycles. The highest BCUT2D eigenvalue weighted by Crippen LogP contribution is 2.19. The quantitative estimate of drug-likeness (QED) is 0.859. The summed E-state index contributed by atoms with van der Waals surface area (Å²) in [5.74, 6) is -1.06. The first-order valence-electron chi connectivity index (χ1n) is 7.49. The van der Waals surface area contributed by atoms with Crippen LogP contribution in [0.5, 0.6) is 0 Å². The lowest BCUT2D eigenvalue weighted by molar-refractivity contribution is -0.131. The van der Waals surface area contributed by atoms with E-state index in [1.807, 2.05) is 30.5 Å². The van der Waals surface area contributed by atoms with Crippen LogP contribution < -0.4 is 5.43 Å². The third-order valence-electron chi connectivity index (χ3n) is 3.88. The second kappa shape index (κ2) is 6.60. The zero-order valence-corrected chi connectivity index (χ0v) is 13.2. The Labute approximate surface area is 129 Å².